The fourth-order valence-electron chi connectivity index (χ4n) is 9.99. The molecule has 19 nitrogen and oxygen atoms in total. The molecule has 0 aromatic rings. The molecule has 10 atom stereocenters. The van der Waals surface area contributed by atoms with E-state index in [2.05, 4.69) is 79.8 Å². The fourth-order valence-corrected chi connectivity index (χ4v) is 9.99. The SMILES string of the molecule is C#CC(=O)OC.C=C(F)C(=O)OC.C=C1CC(C)OC1=O.CCC1(COC)COC1.CN1C(=O)C=CC1=O.COC(=O)C1(C)CC2C=CC1C2.COC(=O)C1CC2C=CC1C2.COCC1(C)COC1.COCC1CCC2OC2C1.CS. The number of nitrogens with zero attached hydrogens (tertiary/aromatic N) is 1. The number of thiol groups is 1. The Kier molecular flexibility index (Phi) is 34.4. The number of cyclic esters (lactones) is 1. The van der Waals surface area contributed by atoms with Crippen molar-refractivity contribution in [2.24, 2.45) is 51.8 Å². The number of hydrogen-bond acceptors (Lipinski definition) is 19. The second-order valence-corrected chi connectivity index (χ2v) is 21.5. The molecule has 81 heavy (non-hydrogen) atoms. The number of rotatable bonds is 10. The molecule has 0 aromatic heterocycles. The van der Waals surface area contributed by atoms with E-state index in [0.717, 1.165) is 83.4 Å². The molecule has 10 unspecified atom stereocenters. The Morgan fingerprint density at radius 2 is 1.40 bits per heavy atom. The molecule has 4 bridgehead atoms. The van der Waals surface area contributed by atoms with Crippen LogP contribution in [0.5, 0.6) is 0 Å². The molecule has 0 N–H and O–H groups in total. The smallest absolute Gasteiger partial charge is 0.383 e. The summed E-state index contributed by atoms with van der Waals surface area (Å²) in [4.78, 5) is 74.5. The molecule has 5 aliphatic heterocycles. The van der Waals surface area contributed by atoms with Gasteiger partial charge in [0, 0.05) is 75.9 Å². The second-order valence-electron chi connectivity index (χ2n) is 21.5. The number of carbonyl (C=O) groups is 7. The molecular formula is C60H92FNO18S. The molecular weight excluding hydrogens is 1070 g/mol. The van der Waals surface area contributed by atoms with Crippen LogP contribution >= 0.6 is 12.6 Å². The summed E-state index contributed by atoms with van der Waals surface area (Å²) in [6.07, 6.45) is 28.8. The quantitative estimate of drug-likeness (QED) is 0.0258. The number of allylic oxidation sites excluding steroid dienone is 4. The van der Waals surface area contributed by atoms with Gasteiger partial charge in [-0.25, -0.2) is 14.4 Å². The van der Waals surface area contributed by atoms with Crippen LogP contribution in [0.2, 0.25) is 0 Å². The van der Waals surface area contributed by atoms with Crippen molar-refractivity contribution >= 4 is 54.3 Å². The lowest BCUT2D eigenvalue weighted by Crippen LogP contribution is -2.45. The normalized spacial score (nSPS) is 28.2. The summed E-state index contributed by atoms with van der Waals surface area (Å²) in [5.74, 6) is 1.37. The molecule has 0 spiro atoms. The van der Waals surface area contributed by atoms with Crippen LogP contribution in [-0.4, -0.2) is 174 Å². The number of halogens is 1. The predicted octanol–water partition coefficient (Wildman–Crippen LogP) is 7.46. The molecule has 0 aromatic carbocycles. The fraction of sp³-hybridized carbons (Fsp3) is 0.683. The van der Waals surface area contributed by atoms with Gasteiger partial charge in [-0.05, 0) is 101 Å². The monoisotopic (exact) mass is 1170 g/mol. The van der Waals surface area contributed by atoms with Gasteiger partial charge in [0.1, 0.15) is 6.10 Å². The Morgan fingerprint density at radius 1 is 0.790 bits per heavy atom. The van der Waals surface area contributed by atoms with Gasteiger partial charge < -0.3 is 52.1 Å². The average Bonchev–Trinajstić information content (AvgIpc) is 4.21. The van der Waals surface area contributed by atoms with Crippen molar-refractivity contribution in [3.63, 3.8) is 0 Å². The van der Waals surface area contributed by atoms with Crippen LogP contribution in [0.1, 0.15) is 85.5 Å². The van der Waals surface area contributed by atoms with Gasteiger partial charge in [0.25, 0.3) is 11.8 Å². The van der Waals surface area contributed by atoms with Crippen LogP contribution in [0, 0.1) is 64.1 Å². The highest BCUT2D eigenvalue weighted by Crippen LogP contribution is 2.52. The van der Waals surface area contributed by atoms with Crippen molar-refractivity contribution in [1.82, 2.24) is 4.90 Å². The van der Waals surface area contributed by atoms with Crippen LogP contribution in [0.3, 0.4) is 0 Å². The van der Waals surface area contributed by atoms with Crippen molar-refractivity contribution in [3.05, 3.63) is 61.0 Å². The Labute approximate surface area is 485 Å². The van der Waals surface area contributed by atoms with E-state index in [9.17, 15) is 38.0 Å². The summed E-state index contributed by atoms with van der Waals surface area (Å²) >= 11 is 3.53. The Hall–Kier alpha value is -5.21. The molecule has 7 fully saturated rings. The first-order chi connectivity index (χ1) is 38.4. The molecule has 10 aliphatic rings. The molecule has 2 amide bonds. The van der Waals surface area contributed by atoms with Crippen LogP contribution in [0.15, 0.2) is 61.0 Å². The number of terminal acetylenes is 1. The molecule has 21 heteroatoms. The van der Waals surface area contributed by atoms with Gasteiger partial charge in [-0.1, -0.05) is 51.3 Å². The lowest BCUT2D eigenvalue weighted by atomic mass is 9.78. The maximum absolute atomic E-state index is 11.5. The van der Waals surface area contributed by atoms with E-state index in [-0.39, 0.29) is 47.2 Å². The number of likely N-dealkylation sites (N-methyl/N-ethyl adjacent to an activating group) is 1. The first kappa shape index (κ1) is 73.8. The molecule has 458 valence electrons. The number of esters is 5. The van der Waals surface area contributed by atoms with Crippen LogP contribution in [-0.2, 0) is 85.7 Å². The number of amides is 2. The summed E-state index contributed by atoms with van der Waals surface area (Å²) in [5.41, 5.74) is 1.06. The minimum Gasteiger partial charge on any atom is -0.469 e. The van der Waals surface area contributed by atoms with Gasteiger partial charge in [-0.3, -0.25) is 24.1 Å². The first-order valence-electron chi connectivity index (χ1n) is 27.0. The Balaban J connectivity index is 0.000000457. The van der Waals surface area contributed by atoms with E-state index in [1.54, 1.807) is 33.5 Å². The van der Waals surface area contributed by atoms with Gasteiger partial charge in [0.2, 0.25) is 5.83 Å². The number of hydrogen-bond donors (Lipinski definition) is 1. The second kappa shape index (κ2) is 37.8. The van der Waals surface area contributed by atoms with E-state index in [1.807, 2.05) is 13.8 Å². The summed E-state index contributed by atoms with van der Waals surface area (Å²) in [6, 6.07) is 0. The maximum Gasteiger partial charge on any atom is 0.383 e. The van der Waals surface area contributed by atoms with E-state index in [4.69, 9.17) is 42.6 Å². The maximum atomic E-state index is 11.5. The number of epoxide rings is 1. The lowest BCUT2D eigenvalue weighted by Gasteiger charge is -2.39. The zero-order valence-corrected chi connectivity index (χ0v) is 51.0. The topological polar surface area (TPSA) is 228 Å². The molecule has 10 rings (SSSR count). The highest BCUT2D eigenvalue weighted by molar-refractivity contribution is 7.79. The number of fused-ring (bicyclic) bond motifs is 5. The zero-order valence-electron chi connectivity index (χ0n) is 50.1. The standard InChI is InChI=1S/C10H14O2.C9H12O2.C8H14O2.C7H14O2.C6H12O2.C6H8O2.C5H5NO2.C4H5FO2.C4H4O2.CH4S/c1-10(9(11)12-2)6-7-3-4-8(10)5-7;1-11-9(10)8-5-6-2-3-7(8)4-6;1-9-5-6-2-3-7-8(4-6)10-7;1-3-7(4-8-2)5-9-6-7;1-6(3-7-2)4-8-5-6;1-4-3-5(2)8-6(4)7;1-6-4(7)2-3-5(6)8;1-3(5)4(6)7-2;1-3-4(5)6-2;1-2/h3-4,7-8H,5-6H2,1-2H3;2-3,6-8H,4-5H2,1H3;6-8H,2-5H2,1H3;3-6H2,1-2H3;3-5H2,1-2H3;5H,1,3H2,2H3;2-3H,1H3;1H2,2H3;1H,2H3;2H,1H3. The van der Waals surface area contributed by atoms with Gasteiger partial charge in [-0.15, -0.1) is 6.42 Å². The van der Waals surface area contributed by atoms with E-state index in [0.29, 0.717) is 58.7 Å². The number of ether oxygens (including phenoxy) is 11. The van der Waals surface area contributed by atoms with E-state index >= 15 is 0 Å². The van der Waals surface area contributed by atoms with Crippen molar-refractivity contribution in [1.29, 1.82) is 0 Å². The lowest BCUT2D eigenvalue weighted by molar-refractivity contribution is -0.153. The van der Waals surface area contributed by atoms with Crippen molar-refractivity contribution in [2.45, 2.75) is 104 Å². The number of methoxy groups -OCH3 is 7. The Morgan fingerprint density at radius 3 is 1.65 bits per heavy atom. The summed E-state index contributed by atoms with van der Waals surface area (Å²) < 4.78 is 64.2. The third-order valence-corrected chi connectivity index (χ3v) is 14.9. The molecule has 5 heterocycles. The van der Waals surface area contributed by atoms with Crippen molar-refractivity contribution in [2.75, 3.05) is 109 Å². The highest BCUT2D eigenvalue weighted by atomic mass is 32.1. The zero-order chi connectivity index (χ0) is 61.5. The van der Waals surface area contributed by atoms with Gasteiger partial charge >= 0.3 is 29.8 Å². The van der Waals surface area contributed by atoms with Gasteiger partial charge in [0.15, 0.2) is 0 Å². The Bertz CT molecular complexity index is 2140. The summed E-state index contributed by atoms with van der Waals surface area (Å²) in [7, 11) is 12.0. The van der Waals surface area contributed by atoms with Crippen LogP contribution in [0.4, 0.5) is 4.39 Å². The van der Waals surface area contributed by atoms with Crippen molar-refractivity contribution in [3.8, 4) is 12.3 Å². The van der Waals surface area contributed by atoms with Crippen LogP contribution < -0.4 is 0 Å². The largest absolute Gasteiger partial charge is 0.469 e. The molecule has 5 aliphatic carbocycles. The molecule has 0 radical (unpaired) electrons. The summed E-state index contributed by atoms with van der Waals surface area (Å²) in [6.45, 7) is 20.5. The third-order valence-electron chi connectivity index (χ3n) is 14.9. The first-order valence-corrected chi connectivity index (χ1v) is 27.9. The number of imide groups is 1. The minimum absolute atomic E-state index is 0.0261. The number of carbonyl (C=O) groups excluding carboxylic acids is 7. The highest BCUT2D eigenvalue weighted by Gasteiger charge is 2.51. The summed E-state index contributed by atoms with van der Waals surface area (Å²) in [5, 5.41) is 0. The predicted molar refractivity (Wildman–Crippen MR) is 305 cm³/mol. The van der Waals surface area contributed by atoms with Gasteiger partial charge in [0.05, 0.1) is 91.6 Å². The van der Waals surface area contributed by atoms with Crippen molar-refractivity contribution < 1.29 is 90.1 Å². The van der Waals surface area contributed by atoms with E-state index in [1.165, 1.54) is 72.6 Å². The molecule has 4 saturated heterocycles. The third kappa shape index (κ3) is 25.0. The average molecular weight is 1170 g/mol. The van der Waals surface area contributed by atoms with Gasteiger partial charge in [-0.2, -0.15) is 17.0 Å². The minimum atomic E-state index is -1.07. The van der Waals surface area contributed by atoms with Crippen LogP contribution in [0.25, 0.3) is 0 Å². The molecule has 3 saturated carbocycles. The van der Waals surface area contributed by atoms with E-state index < -0.39 is 17.8 Å².